The third-order valence-electron chi connectivity index (χ3n) is 5.28. The van der Waals surface area contributed by atoms with Crippen LogP contribution in [0.15, 0.2) is 54.6 Å². The van der Waals surface area contributed by atoms with E-state index >= 15 is 0 Å². The van der Waals surface area contributed by atoms with Crippen molar-refractivity contribution >= 4 is 11.6 Å². The molecule has 1 N–H and O–H groups in total. The molecule has 1 heterocycles. The molecule has 0 bridgehead atoms. The Morgan fingerprint density at radius 3 is 2.56 bits per heavy atom. The largest absolute Gasteiger partial charge is 0.384 e. The van der Waals surface area contributed by atoms with Gasteiger partial charge in [0.2, 0.25) is 0 Å². The minimum absolute atomic E-state index is 0.677. The zero-order chi connectivity index (χ0) is 17.7. The minimum Gasteiger partial charge on any atom is -0.384 e. The molecule has 2 nitrogen and oxygen atoms in total. The van der Waals surface area contributed by atoms with Crippen molar-refractivity contribution < 1.29 is 5.11 Å². The Kier molecular flexibility index (Phi) is 6.16. The summed E-state index contributed by atoms with van der Waals surface area (Å²) in [7, 11) is 0. The van der Waals surface area contributed by atoms with Crippen molar-refractivity contribution in [2.24, 2.45) is 5.92 Å². The van der Waals surface area contributed by atoms with Crippen molar-refractivity contribution in [1.29, 1.82) is 0 Å². The Labute approximate surface area is 156 Å². The maximum absolute atomic E-state index is 10.9. The van der Waals surface area contributed by atoms with E-state index in [1.54, 1.807) is 0 Å². The van der Waals surface area contributed by atoms with Gasteiger partial charge in [0, 0.05) is 18.1 Å². The first-order valence-corrected chi connectivity index (χ1v) is 9.65. The number of hydrogen-bond acceptors (Lipinski definition) is 2. The molecule has 0 aromatic heterocycles. The molecule has 25 heavy (non-hydrogen) atoms. The Morgan fingerprint density at radius 1 is 1.12 bits per heavy atom. The second-order valence-electron chi connectivity index (χ2n) is 7.55. The molecule has 0 spiro atoms. The lowest BCUT2D eigenvalue weighted by atomic mass is 9.89. The third-order valence-corrected chi connectivity index (χ3v) is 5.54. The lowest BCUT2D eigenvalue weighted by Crippen LogP contribution is -2.44. The predicted octanol–water partition coefficient (Wildman–Crippen LogP) is 4.89. The van der Waals surface area contributed by atoms with Gasteiger partial charge in [-0.05, 0) is 68.3 Å². The lowest BCUT2D eigenvalue weighted by molar-refractivity contribution is 0.00263. The molecule has 1 unspecified atom stereocenters. The van der Waals surface area contributed by atoms with Gasteiger partial charge in [0.05, 0.1) is 5.60 Å². The number of likely N-dealkylation sites (tertiary alicyclic amines) is 1. The molecule has 0 aliphatic carbocycles. The maximum Gasteiger partial charge on any atom is 0.0994 e. The summed E-state index contributed by atoms with van der Waals surface area (Å²) in [5.74, 6) is 0.718. The Balaban J connectivity index is 1.54. The average Bonchev–Trinajstić information content (AvgIpc) is 2.61. The first kappa shape index (κ1) is 18.4. The third kappa shape index (κ3) is 5.31. The molecule has 0 amide bonds. The molecular formula is C22H28ClNO. The number of benzene rings is 2. The SMILES string of the molecule is CC(O)(CN1CCC[C@@H](CCc2ccccc2)C1)c1ccc(Cl)cc1. The highest BCUT2D eigenvalue weighted by molar-refractivity contribution is 6.30. The van der Waals surface area contributed by atoms with Crippen LogP contribution < -0.4 is 0 Å². The molecule has 0 radical (unpaired) electrons. The van der Waals surface area contributed by atoms with Crippen LogP contribution in [-0.4, -0.2) is 29.6 Å². The van der Waals surface area contributed by atoms with E-state index in [2.05, 4.69) is 35.2 Å². The number of hydrogen-bond donors (Lipinski definition) is 1. The topological polar surface area (TPSA) is 23.5 Å². The van der Waals surface area contributed by atoms with E-state index in [-0.39, 0.29) is 0 Å². The van der Waals surface area contributed by atoms with Crippen molar-refractivity contribution in [3.63, 3.8) is 0 Å². The fraction of sp³-hybridized carbons (Fsp3) is 0.455. The zero-order valence-electron chi connectivity index (χ0n) is 15.0. The van der Waals surface area contributed by atoms with Gasteiger partial charge in [-0.3, -0.25) is 4.90 Å². The molecule has 2 atom stereocenters. The van der Waals surface area contributed by atoms with Gasteiger partial charge in [0.25, 0.3) is 0 Å². The summed E-state index contributed by atoms with van der Waals surface area (Å²) < 4.78 is 0. The minimum atomic E-state index is -0.841. The van der Waals surface area contributed by atoms with Crippen LogP contribution in [-0.2, 0) is 12.0 Å². The Hall–Kier alpha value is -1.35. The maximum atomic E-state index is 10.9. The fourth-order valence-corrected chi connectivity index (χ4v) is 4.01. The summed E-state index contributed by atoms with van der Waals surface area (Å²) in [6.45, 7) is 4.74. The first-order valence-electron chi connectivity index (χ1n) is 9.28. The van der Waals surface area contributed by atoms with Crippen molar-refractivity contribution in [3.8, 4) is 0 Å². The summed E-state index contributed by atoms with van der Waals surface area (Å²) in [5.41, 5.74) is 1.52. The van der Waals surface area contributed by atoms with E-state index in [0.29, 0.717) is 11.6 Å². The highest BCUT2D eigenvalue weighted by Crippen LogP contribution is 2.27. The van der Waals surface area contributed by atoms with E-state index in [0.717, 1.165) is 31.0 Å². The van der Waals surface area contributed by atoms with Crippen LogP contribution in [0.2, 0.25) is 5.02 Å². The smallest absolute Gasteiger partial charge is 0.0994 e. The van der Waals surface area contributed by atoms with Gasteiger partial charge in [-0.2, -0.15) is 0 Å². The van der Waals surface area contributed by atoms with Crippen LogP contribution in [0.1, 0.15) is 37.3 Å². The first-order chi connectivity index (χ1) is 12.0. The van der Waals surface area contributed by atoms with Crippen LogP contribution in [0.4, 0.5) is 0 Å². The number of aliphatic hydroxyl groups is 1. The highest BCUT2D eigenvalue weighted by atomic mass is 35.5. The average molecular weight is 358 g/mol. The lowest BCUT2D eigenvalue weighted by Gasteiger charge is -2.37. The van der Waals surface area contributed by atoms with Crippen LogP contribution in [0.25, 0.3) is 0 Å². The molecule has 134 valence electrons. The van der Waals surface area contributed by atoms with E-state index in [9.17, 15) is 5.11 Å². The molecule has 1 saturated heterocycles. The van der Waals surface area contributed by atoms with Gasteiger partial charge < -0.3 is 5.11 Å². The van der Waals surface area contributed by atoms with Crippen LogP contribution in [0.3, 0.4) is 0 Å². The Morgan fingerprint density at radius 2 is 1.84 bits per heavy atom. The fourth-order valence-electron chi connectivity index (χ4n) is 3.88. The van der Waals surface area contributed by atoms with Gasteiger partial charge in [-0.15, -0.1) is 0 Å². The number of nitrogens with zero attached hydrogens (tertiary/aromatic N) is 1. The molecular weight excluding hydrogens is 330 g/mol. The number of aryl methyl sites for hydroxylation is 1. The van der Waals surface area contributed by atoms with Crippen molar-refractivity contribution in [1.82, 2.24) is 4.90 Å². The van der Waals surface area contributed by atoms with Gasteiger partial charge in [0.15, 0.2) is 0 Å². The monoisotopic (exact) mass is 357 g/mol. The van der Waals surface area contributed by atoms with E-state index in [4.69, 9.17) is 11.6 Å². The van der Waals surface area contributed by atoms with E-state index in [1.165, 1.54) is 24.8 Å². The van der Waals surface area contributed by atoms with Crippen molar-refractivity contribution in [2.45, 2.75) is 38.2 Å². The summed E-state index contributed by atoms with van der Waals surface area (Å²) in [6, 6.07) is 18.3. The molecule has 1 fully saturated rings. The van der Waals surface area contributed by atoms with Crippen molar-refractivity contribution in [3.05, 3.63) is 70.7 Å². The van der Waals surface area contributed by atoms with Gasteiger partial charge in [0.1, 0.15) is 0 Å². The van der Waals surface area contributed by atoms with Gasteiger partial charge in [-0.1, -0.05) is 54.1 Å². The molecule has 3 heteroatoms. The summed E-state index contributed by atoms with van der Waals surface area (Å²) in [4.78, 5) is 2.42. The normalized spacial score (nSPS) is 21.0. The van der Waals surface area contributed by atoms with E-state index in [1.807, 2.05) is 31.2 Å². The number of piperidine rings is 1. The standard InChI is InChI=1S/C22H28ClNO/c1-22(25,20-11-13-21(23)14-12-20)17-24-15-5-8-19(16-24)10-9-18-6-3-2-4-7-18/h2-4,6-7,11-14,19,25H,5,8-10,15-17H2,1H3/t19-,22?/m0/s1. The van der Waals surface area contributed by atoms with Crippen LogP contribution in [0, 0.1) is 5.92 Å². The number of rotatable bonds is 6. The van der Waals surface area contributed by atoms with Crippen LogP contribution >= 0.6 is 11.6 Å². The molecule has 2 aromatic carbocycles. The van der Waals surface area contributed by atoms with Crippen molar-refractivity contribution in [2.75, 3.05) is 19.6 Å². The summed E-state index contributed by atoms with van der Waals surface area (Å²) in [6.07, 6.45) is 4.89. The Bertz CT molecular complexity index is 653. The second kappa shape index (κ2) is 8.35. The quantitative estimate of drug-likeness (QED) is 0.795. The predicted molar refractivity (Wildman–Crippen MR) is 105 cm³/mol. The van der Waals surface area contributed by atoms with E-state index < -0.39 is 5.60 Å². The molecule has 2 aromatic rings. The number of halogens is 1. The molecule has 3 rings (SSSR count). The molecule has 1 aliphatic heterocycles. The summed E-state index contributed by atoms with van der Waals surface area (Å²) in [5, 5.41) is 11.6. The zero-order valence-corrected chi connectivity index (χ0v) is 15.8. The van der Waals surface area contributed by atoms with Gasteiger partial charge >= 0.3 is 0 Å². The molecule has 0 saturated carbocycles. The highest BCUT2D eigenvalue weighted by Gasteiger charge is 2.29. The van der Waals surface area contributed by atoms with Crippen LogP contribution in [0.5, 0.6) is 0 Å². The molecule has 1 aliphatic rings. The number of β-amino-alcohol motifs (C(OH)–C–C–N with tert-alkyl or cyclic N) is 1. The second-order valence-corrected chi connectivity index (χ2v) is 7.98. The van der Waals surface area contributed by atoms with Gasteiger partial charge in [-0.25, -0.2) is 0 Å². The summed E-state index contributed by atoms with van der Waals surface area (Å²) >= 11 is 5.97.